The molecule has 0 atom stereocenters. The fourth-order valence-corrected chi connectivity index (χ4v) is 3.58. The lowest BCUT2D eigenvalue weighted by atomic mass is 10.1. The van der Waals surface area contributed by atoms with Crippen LogP contribution in [0.4, 0.5) is 14.5 Å². The molecule has 2 aromatic heterocycles. The molecular formula is C19H16ClF2N3. The third-order valence-electron chi connectivity index (χ3n) is 4.58. The van der Waals surface area contributed by atoms with E-state index >= 15 is 0 Å². The predicted octanol–water partition coefficient (Wildman–Crippen LogP) is 4.88. The molecule has 3 nitrogen and oxygen atoms in total. The molecule has 128 valence electrons. The number of fused-ring (bicyclic) bond motifs is 1. The first-order chi connectivity index (χ1) is 12.0. The summed E-state index contributed by atoms with van der Waals surface area (Å²) in [7, 11) is 0. The maximum atomic E-state index is 14.0. The van der Waals surface area contributed by atoms with Crippen LogP contribution < -0.4 is 4.90 Å². The van der Waals surface area contributed by atoms with Crippen LogP contribution in [0, 0.1) is 18.6 Å². The molecule has 25 heavy (non-hydrogen) atoms. The first kappa shape index (κ1) is 16.1. The smallest absolute Gasteiger partial charge is 0.135 e. The molecule has 0 saturated carbocycles. The van der Waals surface area contributed by atoms with E-state index in [0.717, 1.165) is 35.6 Å². The van der Waals surface area contributed by atoms with Gasteiger partial charge >= 0.3 is 0 Å². The third kappa shape index (κ3) is 2.89. The molecule has 4 rings (SSSR count). The van der Waals surface area contributed by atoms with Crippen LogP contribution in [0.1, 0.15) is 17.0 Å². The Balaban J connectivity index is 1.68. The largest absolute Gasteiger partial charge is 0.365 e. The summed E-state index contributed by atoms with van der Waals surface area (Å²) in [5.41, 5.74) is 4.43. The van der Waals surface area contributed by atoms with Gasteiger partial charge in [-0.15, -0.1) is 0 Å². The van der Waals surface area contributed by atoms with Crippen molar-refractivity contribution in [3.8, 4) is 11.3 Å². The molecule has 1 N–H and O–H groups in total. The van der Waals surface area contributed by atoms with Crippen molar-refractivity contribution in [1.82, 2.24) is 9.97 Å². The monoisotopic (exact) mass is 359 g/mol. The number of H-pyrrole nitrogens is 1. The lowest BCUT2D eigenvalue weighted by molar-refractivity contribution is 0.589. The van der Waals surface area contributed by atoms with Crippen LogP contribution in [-0.4, -0.2) is 16.5 Å². The summed E-state index contributed by atoms with van der Waals surface area (Å²) < 4.78 is 28.1. The van der Waals surface area contributed by atoms with Crippen molar-refractivity contribution >= 4 is 17.3 Å². The Morgan fingerprint density at radius 2 is 1.92 bits per heavy atom. The minimum absolute atomic E-state index is 0.00668. The number of halogens is 3. The second-order valence-corrected chi connectivity index (χ2v) is 6.58. The van der Waals surface area contributed by atoms with Gasteiger partial charge in [0.05, 0.1) is 22.6 Å². The molecule has 3 heterocycles. The molecule has 1 aliphatic heterocycles. The van der Waals surface area contributed by atoms with Gasteiger partial charge in [-0.25, -0.2) is 13.8 Å². The van der Waals surface area contributed by atoms with Crippen LogP contribution in [0.3, 0.4) is 0 Å². The van der Waals surface area contributed by atoms with E-state index in [-0.39, 0.29) is 5.56 Å². The molecule has 0 spiro atoms. The molecule has 0 radical (unpaired) electrons. The summed E-state index contributed by atoms with van der Waals surface area (Å²) in [4.78, 5) is 9.69. The van der Waals surface area contributed by atoms with Crippen molar-refractivity contribution < 1.29 is 8.78 Å². The molecule has 1 aliphatic rings. The van der Waals surface area contributed by atoms with Gasteiger partial charge in [-0.05, 0) is 42.8 Å². The predicted molar refractivity (Wildman–Crippen MR) is 94.9 cm³/mol. The van der Waals surface area contributed by atoms with Crippen molar-refractivity contribution in [3.05, 3.63) is 70.1 Å². The van der Waals surface area contributed by atoms with Crippen LogP contribution in [0.5, 0.6) is 0 Å². The number of nitrogens with one attached hydrogen (secondary N) is 1. The number of pyridine rings is 1. The van der Waals surface area contributed by atoms with E-state index in [1.54, 1.807) is 6.07 Å². The highest BCUT2D eigenvalue weighted by molar-refractivity contribution is 6.29. The van der Waals surface area contributed by atoms with E-state index in [1.165, 1.54) is 18.2 Å². The SMILES string of the molecule is Cc1nc(Cl)ccc1N1CCc2[nH]c(-c3c(F)cccc3F)cc2C1. The van der Waals surface area contributed by atoms with Crippen molar-refractivity contribution in [2.45, 2.75) is 19.9 Å². The summed E-state index contributed by atoms with van der Waals surface area (Å²) >= 11 is 5.93. The van der Waals surface area contributed by atoms with Crippen LogP contribution in [0.25, 0.3) is 11.3 Å². The zero-order valence-electron chi connectivity index (χ0n) is 13.6. The molecule has 0 amide bonds. The first-order valence-corrected chi connectivity index (χ1v) is 8.44. The van der Waals surface area contributed by atoms with E-state index in [9.17, 15) is 8.78 Å². The van der Waals surface area contributed by atoms with Gasteiger partial charge in [-0.2, -0.15) is 0 Å². The Hall–Kier alpha value is -2.40. The summed E-state index contributed by atoms with van der Waals surface area (Å²) in [5, 5.41) is 0.470. The fourth-order valence-electron chi connectivity index (χ4n) is 3.39. The summed E-state index contributed by atoms with van der Waals surface area (Å²) in [5.74, 6) is -1.12. The third-order valence-corrected chi connectivity index (χ3v) is 4.79. The molecule has 0 bridgehead atoms. The number of anilines is 1. The highest BCUT2D eigenvalue weighted by Crippen LogP contribution is 2.32. The van der Waals surface area contributed by atoms with Crippen molar-refractivity contribution in [2.75, 3.05) is 11.4 Å². The average molecular weight is 360 g/mol. The van der Waals surface area contributed by atoms with E-state index < -0.39 is 11.6 Å². The molecule has 0 fully saturated rings. The standard InChI is InChI=1S/C19H16ClF2N3/c1-11-17(5-6-18(20)23-11)25-8-7-15-12(10-25)9-16(24-15)19-13(21)3-2-4-14(19)22/h2-6,9,24H,7-8,10H2,1H3. The number of hydrogen-bond acceptors (Lipinski definition) is 2. The quantitative estimate of drug-likeness (QED) is 0.661. The minimum atomic E-state index is -0.562. The normalized spacial score (nSPS) is 13.8. The van der Waals surface area contributed by atoms with Gasteiger partial charge in [0.1, 0.15) is 16.8 Å². The molecule has 0 unspecified atom stereocenters. The maximum Gasteiger partial charge on any atom is 0.135 e. The molecule has 3 aromatic rings. The number of aryl methyl sites for hydroxylation is 1. The van der Waals surface area contributed by atoms with E-state index in [4.69, 9.17) is 11.6 Å². The molecule has 0 saturated heterocycles. The van der Waals surface area contributed by atoms with E-state index in [1.807, 2.05) is 19.1 Å². The lowest BCUT2D eigenvalue weighted by Crippen LogP contribution is -2.30. The summed E-state index contributed by atoms with van der Waals surface area (Å²) in [6, 6.07) is 9.48. The Bertz CT molecular complexity index is 932. The second-order valence-electron chi connectivity index (χ2n) is 6.19. The minimum Gasteiger partial charge on any atom is -0.365 e. The lowest BCUT2D eigenvalue weighted by Gasteiger charge is -2.29. The van der Waals surface area contributed by atoms with Crippen molar-refractivity contribution in [2.24, 2.45) is 0 Å². The van der Waals surface area contributed by atoms with Gasteiger partial charge in [-0.3, -0.25) is 0 Å². The number of hydrogen-bond donors (Lipinski definition) is 1. The first-order valence-electron chi connectivity index (χ1n) is 8.06. The Morgan fingerprint density at radius 1 is 1.16 bits per heavy atom. The topological polar surface area (TPSA) is 31.9 Å². The summed E-state index contributed by atoms with van der Waals surface area (Å²) in [6.07, 6.45) is 0.771. The highest BCUT2D eigenvalue weighted by atomic mass is 35.5. The van der Waals surface area contributed by atoms with Gasteiger partial charge in [0, 0.05) is 25.2 Å². The van der Waals surface area contributed by atoms with Gasteiger partial charge in [-0.1, -0.05) is 17.7 Å². The Morgan fingerprint density at radius 3 is 2.64 bits per heavy atom. The number of benzene rings is 1. The maximum absolute atomic E-state index is 14.0. The van der Waals surface area contributed by atoms with E-state index in [2.05, 4.69) is 14.9 Å². The highest BCUT2D eigenvalue weighted by Gasteiger charge is 2.22. The van der Waals surface area contributed by atoms with Crippen molar-refractivity contribution in [1.29, 1.82) is 0 Å². The van der Waals surface area contributed by atoms with Gasteiger partial charge in [0.25, 0.3) is 0 Å². The molecule has 6 heteroatoms. The molecule has 1 aromatic carbocycles. The van der Waals surface area contributed by atoms with Gasteiger partial charge < -0.3 is 9.88 Å². The van der Waals surface area contributed by atoms with E-state index in [0.29, 0.717) is 17.4 Å². The van der Waals surface area contributed by atoms with Crippen molar-refractivity contribution in [3.63, 3.8) is 0 Å². The second kappa shape index (κ2) is 6.15. The van der Waals surface area contributed by atoms with Gasteiger partial charge in [0.2, 0.25) is 0 Å². The average Bonchev–Trinajstić information content (AvgIpc) is 2.97. The van der Waals surface area contributed by atoms with Gasteiger partial charge in [0.15, 0.2) is 0 Å². The molecular weight excluding hydrogens is 344 g/mol. The number of nitrogens with zero attached hydrogens (tertiary/aromatic N) is 2. The van der Waals surface area contributed by atoms with Crippen LogP contribution in [0.2, 0.25) is 5.15 Å². The van der Waals surface area contributed by atoms with Crippen LogP contribution in [0.15, 0.2) is 36.4 Å². The van der Waals surface area contributed by atoms with Crippen LogP contribution in [-0.2, 0) is 13.0 Å². The fraction of sp³-hybridized carbons (Fsp3) is 0.211. The zero-order valence-corrected chi connectivity index (χ0v) is 14.4. The Labute approximate surface area is 149 Å². The van der Waals surface area contributed by atoms with Crippen LogP contribution >= 0.6 is 11.6 Å². The number of aromatic amines is 1. The zero-order chi connectivity index (χ0) is 17.6. The number of rotatable bonds is 2. The Kier molecular flexibility index (Phi) is 3.96. The number of aromatic nitrogens is 2. The molecule has 0 aliphatic carbocycles. The summed E-state index contributed by atoms with van der Waals surface area (Å²) in [6.45, 7) is 3.39.